The molecule has 0 aromatic heterocycles. The smallest absolute Gasteiger partial charge is 0.339 e. The van der Waals surface area contributed by atoms with Crippen molar-refractivity contribution in [3.63, 3.8) is 0 Å². The fraction of sp³-hybridized carbons (Fsp3) is 0.143. The number of benzene rings is 3. The molecule has 3 aromatic carbocycles. The van der Waals surface area contributed by atoms with E-state index in [0.29, 0.717) is 12.0 Å². The maximum atomic E-state index is 12.9. The lowest BCUT2D eigenvalue weighted by Crippen LogP contribution is -2.43. The Morgan fingerprint density at radius 3 is 2.60 bits per heavy atom. The molecule has 1 amide bonds. The van der Waals surface area contributed by atoms with Crippen LogP contribution in [0.2, 0.25) is 0 Å². The summed E-state index contributed by atoms with van der Waals surface area (Å²) in [5, 5.41) is 2.05. The summed E-state index contributed by atoms with van der Waals surface area (Å²) in [7, 11) is 1.72. The summed E-state index contributed by atoms with van der Waals surface area (Å²) in [4.78, 5) is 26.7. The Morgan fingerprint density at radius 1 is 1.00 bits per heavy atom. The third-order valence-electron chi connectivity index (χ3n) is 4.63. The third kappa shape index (κ3) is 2.66. The van der Waals surface area contributed by atoms with Gasteiger partial charge in [-0.3, -0.25) is 4.79 Å². The first-order valence-electron chi connectivity index (χ1n) is 8.19. The van der Waals surface area contributed by atoms with E-state index in [0.717, 1.165) is 22.0 Å². The minimum absolute atomic E-state index is 0.223. The lowest BCUT2D eigenvalue weighted by molar-refractivity contribution is -0.127. The minimum atomic E-state index is -0.800. The Morgan fingerprint density at radius 2 is 1.72 bits per heavy atom. The Labute approximate surface area is 145 Å². The van der Waals surface area contributed by atoms with Gasteiger partial charge in [0.2, 0.25) is 0 Å². The van der Waals surface area contributed by atoms with E-state index in [1.54, 1.807) is 24.1 Å². The van der Waals surface area contributed by atoms with Gasteiger partial charge in [0.25, 0.3) is 5.91 Å². The second-order valence-corrected chi connectivity index (χ2v) is 6.15. The van der Waals surface area contributed by atoms with E-state index >= 15 is 0 Å². The van der Waals surface area contributed by atoms with Crippen LogP contribution < -0.4 is 4.90 Å². The molecule has 4 heteroatoms. The van der Waals surface area contributed by atoms with Crippen LogP contribution in [0.3, 0.4) is 0 Å². The van der Waals surface area contributed by atoms with Crippen molar-refractivity contribution in [3.05, 3.63) is 77.9 Å². The Balaban J connectivity index is 1.66. The van der Waals surface area contributed by atoms with Gasteiger partial charge in [-0.15, -0.1) is 0 Å². The largest absolute Gasteiger partial charge is 0.448 e. The Bertz CT molecular complexity index is 974. The number of hydrogen-bond donors (Lipinski definition) is 0. The Kier molecular flexibility index (Phi) is 3.73. The molecule has 1 atom stereocenters. The van der Waals surface area contributed by atoms with Gasteiger partial charge >= 0.3 is 5.97 Å². The third-order valence-corrected chi connectivity index (χ3v) is 4.63. The summed E-state index contributed by atoms with van der Waals surface area (Å²) < 4.78 is 5.40. The molecule has 25 heavy (non-hydrogen) atoms. The standard InChI is InChI=1S/C21H17NO3/c1-22(18-12-6-9-14-7-2-4-10-16(14)18)20(23)19-13-15-8-3-5-11-17(15)21(24)25-19/h2-12,19H,13H2,1H3. The van der Waals surface area contributed by atoms with Crippen LogP contribution >= 0.6 is 0 Å². The van der Waals surface area contributed by atoms with Gasteiger partial charge in [-0.1, -0.05) is 54.6 Å². The lowest BCUT2D eigenvalue weighted by Gasteiger charge is -2.28. The van der Waals surface area contributed by atoms with Crippen molar-refractivity contribution in [3.8, 4) is 0 Å². The van der Waals surface area contributed by atoms with Crippen molar-refractivity contribution < 1.29 is 14.3 Å². The second-order valence-electron chi connectivity index (χ2n) is 6.15. The molecule has 0 spiro atoms. The topological polar surface area (TPSA) is 46.6 Å². The number of amides is 1. The van der Waals surface area contributed by atoms with E-state index in [1.807, 2.05) is 54.6 Å². The van der Waals surface area contributed by atoms with E-state index in [2.05, 4.69) is 0 Å². The molecular formula is C21H17NO3. The number of likely N-dealkylation sites (N-methyl/N-ethyl adjacent to an activating group) is 1. The van der Waals surface area contributed by atoms with Gasteiger partial charge in [-0.25, -0.2) is 4.79 Å². The average molecular weight is 331 g/mol. The highest BCUT2D eigenvalue weighted by molar-refractivity contribution is 6.06. The maximum absolute atomic E-state index is 12.9. The fourth-order valence-electron chi connectivity index (χ4n) is 3.30. The first kappa shape index (κ1) is 15.4. The quantitative estimate of drug-likeness (QED) is 0.674. The first-order chi connectivity index (χ1) is 12.1. The van der Waals surface area contributed by atoms with Crippen molar-refractivity contribution in [1.29, 1.82) is 0 Å². The molecule has 1 aliphatic heterocycles. The predicted octanol–water partition coefficient (Wildman–Crippen LogP) is 3.58. The number of fused-ring (bicyclic) bond motifs is 2. The summed E-state index contributed by atoms with van der Waals surface area (Å²) in [6.07, 6.45) is -0.401. The highest BCUT2D eigenvalue weighted by Gasteiger charge is 2.33. The molecular weight excluding hydrogens is 314 g/mol. The van der Waals surface area contributed by atoms with E-state index in [-0.39, 0.29) is 5.91 Å². The van der Waals surface area contributed by atoms with Crippen molar-refractivity contribution in [2.45, 2.75) is 12.5 Å². The lowest BCUT2D eigenvalue weighted by atomic mass is 9.98. The number of carbonyl (C=O) groups is 2. The SMILES string of the molecule is CN(C(=O)C1Cc2ccccc2C(=O)O1)c1cccc2ccccc12. The van der Waals surface area contributed by atoms with Crippen LogP contribution in [0.15, 0.2) is 66.7 Å². The first-order valence-corrected chi connectivity index (χ1v) is 8.19. The van der Waals surface area contributed by atoms with Crippen LogP contribution in [0.5, 0.6) is 0 Å². The van der Waals surface area contributed by atoms with Gasteiger partial charge in [-0.05, 0) is 23.1 Å². The molecule has 1 aliphatic rings. The van der Waals surface area contributed by atoms with Crippen molar-refractivity contribution in [2.75, 3.05) is 11.9 Å². The Hall–Kier alpha value is -3.14. The van der Waals surface area contributed by atoms with Gasteiger partial charge in [0.1, 0.15) is 0 Å². The van der Waals surface area contributed by atoms with Gasteiger partial charge in [0.05, 0.1) is 11.3 Å². The molecule has 0 bridgehead atoms. The van der Waals surface area contributed by atoms with Gasteiger partial charge in [0, 0.05) is 18.9 Å². The van der Waals surface area contributed by atoms with Crippen molar-refractivity contribution in [1.82, 2.24) is 0 Å². The normalized spacial score (nSPS) is 16.2. The molecule has 124 valence electrons. The molecule has 0 saturated carbocycles. The van der Waals surface area contributed by atoms with Crippen LogP contribution in [-0.4, -0.2) is 25.0 Å². The van der Waals surface area contributed by atoms with E-state index in [4.69, 9.17) is 4.74 Å². The number of esters is 1. The molecule has 1 heterocycles. The number of hydrogen-bond acceptors (Lipinski definition) is 3. The minimum Gasteiger partial charge on any atom is -0.448 e. The van der Waals surface area contributed by atoms with Gasteiger partial charge in [-0.2, -0.15) is 0 Å². The summed E-state index contributed by atoms with van der Waals surface area (Å²) in [5.74, 6) is -0.661. The molecule has 4 rings (SSSR count). The number of anilines is 1. The highest BCUT2D eigenvalue weighted by Crippen LogP contribution is 2.28. The van der Waals surface area contributed by atoms with Gasteiger partial charge < -0.3 is 9.64 Å². The van der Waals surface area contributed by atoms with E-state index in [1.165, 1.54) is 0 Å². The molecule has 4 nitrogen and oxygen atoms in total. The summed E-state index contributed by atoms with van der Waals surface area (Å²) in [6.45, 7) is 0. The summed E-state index contributed by atoms with van der Waals surface area (Å²) >= 11 is 0. The molecule has 0 N–H and O–H groups in total. The molecule has 0 saturated heterocycles. The highest BCUT2D eigenvalue weighted by atomic mass is 16.5. The monoisotopic (exact) mass is 331 g/mol. The summed E-state index contributed by atoms with van der Waals surface area (Å²) in [6, 6.07) is 21.0. The van der Waals surface area contributed by atoms with Crippen LogP contribution in [-0.2, 0) is 16.0 Å². The van der Waals surface area contributed by atoms with Crippen LogP contribution in [0.25, 0.3) is 10.8 Å². The summed E-state index contributed by atoms with van der Waals surface area (Å²) in [5.41, 5.74) is 2.20. The molecule has 0 aliphatic carbocycles. The fourth-order valence-corrected chi connectivity index (χ4v) is 3.30. The zero-order valence-electron chi connectivity index (χ0n) is 13.8. The second kappa shape index (κ2) is 6.06. The van der Waals surface area contributed by atoms with Crippen LogP contribution in [0.4, 0.5) is 5.69 Å². The van der Waals surface area contributed by atoms with Crippen LogP contribution in [0.1, 0.15) is 15.9 Å². The maximum Gasteiger partial charge on any atom is 0.339 e. The number of ether oxygens (including phenoxy) is 1. The predicted molar refractivity (Wildman–Crippen MR) is 96.7 cm³/mol. The average Bonchev–Trinajstić information content (AvgIpc) is 2.66. The molecule has 1 unspecified atom stereocenters. The zero-order valence-corrected chi connectivity index (χ0v) is 13.8. The number of nitrogens with zero attached hydrogens (tertiary/aromatic N) is 1. The van der Waals surface area contributed by atoms with E-state index in [9.17, 15) is 9.59 Å². The van der Waals surface area contributed by atoms with Crippen molar-refractivity contribution in [2.24, 2.45) is 0 Å². The van der Waals surface area contributed by atoms with Crippen molar-refractivity contribution >= 4 is 28.3 Å². The van der Waals surface area contributed by atoms with Gasteiger partial charge in [0.15, 0.2) is 6.10 Å². The molecule has 3 aromatic rings. The number of carbonyl (C=O) groups excluding carboxylic acids is 2. The van der Waals surface area contributed by atoms with E-state index < -0.39 is 12.1 Å². The molecule has 0 radical (unpaired) electrons. The van der Waals surface area contributed by atoms with Crippen LogP contribution in [0, 0.1) is 0 Å². The number of cyclic esters (lactones) is 1. The molecule has 0 fully saturated rings. The number of rotatable bonds is 2. The zero-order chi connectivity index (χ0) is 17.4.